The first-order valence-corrected chi connectivity index (χ1v) is 10.3. The number of ether oxygens (including phenoxy) is 2. The van der Waals surface area contributed by atoms with E-state index in [4.69, 9.17) is 9.47 Å². The van der Waals surface area contributed by atoms with Gasteiger partial charge in [0, 0.05) is 31.0 Å². The third kappa shape index (κ3) is 3.12. The lowest BCUT2D eigenvalue weighted by molar-refractivity contribution is 0.0331. The van der Waals surface area contributed by atoms with Crippen LogP contribution in [0.1, 0.15) is 41.6 Å². The molecule has 0 saturated carbocycles. The molecular weight excluding hydrogens is 376 g/mol. The Bertz CT molecular complexity index is 918. The molecule has 1 unspecified atom stereocenters. The van der Waals surface area contributed by atoms with Gasteiger partial charge in [0.15, 0.2) is 11.5 Å². The Balaban J connectivity index is 1.82. The van der Waals surface area contributed by atoms with Crippen molar-refractivity contribution in [1.29, 1.82) is 0 Å². The molecule has 28 heavy (non-hydrogen) atoms. The number of likely N-dealkylation sites (N-methyl/N-ethyl adjacent to an activating group) is 1. The van der Waals surface area contributed by atoms with Crippen molar-refractivity contribution in [2.45, 2.75) is 51.6 Å². The van der Waals surface area contributed by atoms with Crippen LogP contribution in [-0.2, 0) is 13.0 Å². The summed E-state index contributed by atoms with van der Waals surface area (Å²) in [7, 11) is 3.38. The summed E-state index contributed by atoms with van der Waals surface area (Å²) < 4.78 is 11.6. The van der Waals surface area contributed by atoms with E-state index >= 15 is 0 Å². The highest BCUT2D eigenvalue weighted by atomic mass is 32.1. The number of nitrogens with zero attached hydrogens (tertiary/aromatic N) is 2. The Hall–Kier alpha value is -2.25. The van der Waals surface area contributed by atoms with Crippen LogP contribution in [0.25, 0.3) is 0 Å². The van der Waals surface area contributed by atoms with E-state index in [1.54, 1.807) is 40.4 Å². The van der Waals surface area contributed by atoms with E-state index in [0.29, 0.717) is 35.7 Å². The number of carbonyl (C=O) groups excluding carboxylic acids is 1. The number of carbonyl (C=O) groups is 1. The van der Waals surface area contributed by atoms with Crippen LogP contribution in [-0.4, -0.2) is 47.9 Å². The van der Waals surface area contributed by atoms with Gasteiger partial charge in [-0.15, -0.1) is 11.3 Å². The predicted molar refractivity (Wildman–Crippen MR) is 109 cm³/mol. The van der Waals surface area contributed by atoms with Crippen LogP contribution in [0.15, 0.2) is 23.6 Å². The number of hydrogen-bond acceptors (Lipinski definition) is 6. The van der Waals surface area contributed by atoms with E-state index < -0.39 is 11.8 Å². The van der Waals surface area contributed by atoms with Gasteiger partial charge in [-0.3, -0.25) is 4.79 Å². The molecule has 1 aromatic heterocycles. The second-order valence-electron chi connectivity index (χ2n) is 8.33. The Labute approximate surface area is 169 Å². The summed E-state index contributed by atoms with van der Waals surface area (Å²) in [5.74, 6) is 0.969. The Morgan fingerprint density at radius 2 is 2.00 bits per heavy atom. The van der Waals surface area contributed by atoms with Crippen molar-refractivity contribution in [3.8, 4) is 11.5 Å². The third-order valence-electron chi connectivity index (χ3n) is 5.28. The summed E-state index contributed by atoms with van der Waals surface area (Å²) in [5, 5.41) is 13.1. The Kier molecular flexibility index (Phi) is 4.55. The van der Waals surface area contributed by atoms with Crippen LogP contribution in [0.2, 0.25) is 0 Å². The molecule has 1 aromatic carbocycles. The van der Waals surface area contributed by atoms with E-state index in [0.717, 1.165) is 5.56 Å². The maximum absolute atomic E-state index is 13.5. The van der Waals surface area contributed by atoms with Gasteiger partial charge in [-0.05, 0) is 43.8 Å². The molecule has 6 nitrogen and oxygen atoms in total. The number of aliphatic hydroxyl groups excluding tert-OH is 1. The topological polar surface area (TPSA) is 62.2 Å². The smallest absolute Gasteiger partial charge is 0.256 e. The molecule has 4 rings (SSSR count). The van der Waals surface area contributed by atoms with E-state index in [1.807, 2.05) is 33.2 Å². The standard InChI is InChI=1S/C21H26N2O4S/c1-21(2,3)27-17-9-14-13(8-16(17)26-5)19(24)23-11-12-6-7-28-18(12)10-15(23)20(25)22(14)4/h6-9,15,20,25H,10-11H2,1-5H3/t15-,20?/m0/s1. The van der Waals surface area contributed by atoms with Gasteiger partial charge >= 0.3 is 0 Å². The summed E-state index contributed by atoms with van der Waals surface area (Å²) in [5.41, 5.74) is 1.91. The zero-order valence-corrected chi connectivity index (χ0v) is 17.7. The quantitative estimate of drug-likeness (QED) is 0.835. The maximum atomic E-state index is 13.5. The van der Waals surface area contributed by atoms with Gasteiger partial charge in [0.1, 0.15) is 11.8 Å². The fraction of sp³-hybridized carbons (Fsp3) is 0.476. The van der Waals surface area contributed by atoms with Gasteiger partial charge in [-0.2, -0.15) is 0 Å². The highest BCUT2D eigenvalue weighted by Crippen LogP contribution is 2.42. The molecular formula is C21H26N2O4S. The molecule has 0 fully saturated rings. The number of thiophene rings is 1. The summed E-state index contributed by atoms with van der Waals surface area (Å²) in [6, 6.07) is 5.29. The highest BCUT2D eigenvalue weighted by Gasteiger charge is 2.42. The minimum atomic E-state index is -0.809. The largest absolute Gasteiger partial charge is 0.493 e. The monoisotopic (exact) mass is 402 g/mol. The molecule has 0 saturated heterocycles. The number of rotatable bonds is 2. The van der Waals surface area contributed by atoms with Crippen LogP contribution in [0, 0.1) is 0 Å². The van der Waals surface area contributed by atoms with Crippen molar-refractivity contribution in [3.63, 3.8) is 0 Å². The molecule has 0 spiro atoms. The van der Waals surface area contributed by atoms with Gasteiger partial charge in [0.25, 0.3) is 5.91 Å². The normalized spacial score (nSPS) is 21.6. The average molecular weight is 403 g/mol. The first kappa shape index (κ1) is 19.1. The molecule has 3 heterocycles. The van der Waals surface area contributed by atoms with Crippen LogP contribution in [0.3, 0.4) is 0 Å². The molecule has 0 aliphatic carbocycles. The van der Waals surface area contributed by atoms with Gasteiger partial charge in [0.05, 0.1) is 24.4 Å². The number of benzene rings is 1. The molecule has 2 aliphatic rings. The van der Waals surface area contributed by atoms with Crippen molar-refractivity contribution in [3.05, 3.63) is 39.6 Å². The van der Waals surface area contributed by atoms with Gasteiger partial charge in [-0.25, -0.2) is 0 Å². The maximum Gasteiger partial charge on any atom is 0.256 e. The predicted octanol–water partition coefficient (Wildman–Crippen LogP) is 3.27. The van der Waals surface area contributed by atoms with Gasteiger partial charge < -0.3 is 24.4 Å². The molecule has 2 aromatic rings. The summed E-state index contributed by atoms with van der Waals surface area (Å²) in [6.45, 7) is 6.39. The SMILES string of the molecule is COc1cc2c(cc1OC(C)(C)C)N(C)C(O)[C@@H]1Cc3sccc3CN1C2=O. The Morgan fingerprint density at radius 1 is 1.25 bits per heavy atom. The molecule has 150 valence electrons. The molecule has 0 bridgehead atoms. The van der Waals surface area contributed by atoms with Crippen LogP contribution in [0.4, 0.5) is 5.69 Å². The molecule has 2 atom stereocenters. The second-order valence-corrected chi connectivity index (χ2v) is 9.33. The first-order chi connectivity index (χ1) is 13.2. The minimum absolute atomic E-state index is 0.0964. The van der Waals surface area contributed by atoms with Crippen molar-refractivity contribution in [2.24, 2.45) is 0 Å². The highest BCUT2D eigenvalue weighted by molar-refractivity contribution is 7.10. The van der Waals surface area contributed by atoms with Crippen molar-refractivity contribution in [2.75, 3.05) is 19.1 Å². The summed E-state index contributed by atoms with van der Waals surface area (Å²) >= 11 is 1.68. The van der Waals surface area contributed by atoms with Crippen molar-refractivity contribution in [1.82, 2.24) is 4.90 Å². The number of aliphatic hydroxyl groups is 1. The summed E-state index contributed by atoms with van der Waals surface area (Å²) in [6.07, 6.45) is -0.155. The number of methoxy groups -OCH3 is 1. The van der Waals surface area contributed by atoms with Crippen LogP contribution < -0.4 is 14.4 Å². The molecule has 1 amide bonds. The first-order valence-electron chi connectivity index (χ1n) is 9.38. The Morgan fingerprint density at radius 3 is 2.68 bits per heavy atom. The van der Waals surface area contributed by atoms with Crippen molar-refractivity contribution >= 4 is 22.9 Å². The molecule has 2 aliphatic heterocycles. The van der Waals surface area contributed by atoms with E-state index in [-0.39, 0.29) is 11.9 Å². The third-order valence-corrected chi connectivity index (χ3v) is 6.27. The lowest BCUT2D eigenvalue weighted by Gasteiger charge is -2.38. The fourth-order valence-electron chi connectivity index (χ4n) is 3.91. The van der Waals surface area contributed by atoms with E-state index in [2.05, 4.69) is 6.07 Å². The molecule has 1 N–H and O–H groups in total. The number of hydrogen-bond donors (Lipinski definition) is 1. The van der Waals surface area contributed by atoms with E-state index in [1.165, 1.54) is 4.88 Å². The zero-order chi connectivity index (χ0) is 20.2. The zero-order valence-electron chi connectivity index (χ0n) is 16.9. The van der Waals surface area contributed by atoms with Crippen molar-refractivity contribution < 1.29 is 19.4 Å². The minimum Gasteiger partial charge on any atom is -0.493 e. The van der Waals surface area contributed by atoms with E-state index in [9.17, 15) is 9.90 Å². The number of anilines is 1. The fourth-order valence-corrected chi connectivity index (χ4v) is 4.86. The second kappa shape index (κ2) is 6.67. The molecule has 0 radical (unpaired) electrons. The number of fused-ring (bicyclic) bond motifs is 3. The lowest BCUT2D eigenvalue weighted by atomic mass is 10.00. The lowest BCUT2D eigenvalue weighted by Crippen LogP contribution is -2.53. The number of amides is 1. The van der Waals surface area contributed by atoms with Gasteiger partial charge in [-0.1, -0.05) is 0 Å². The van der Waals surface area contributed by atoms with Crippen LogP contribution in [0.5, 0.6) is 11.5 Å². The summed E-state index contributed by atoms with van der Waals surface area (Å²) in [4.78, 5) is 18.2. The van der Waals surface area contributed by atoms with Gasteiger partial charge in [0.2, 0.25) is 0 Å². The van der Waals surface area contributed by atoms with Crippen LogP contribution >= 0.6 is 11.3 Å². The molecule has 7 heteroatoms. The average Bonchev–Trinajstić information content (AvgIpc) is 3.08.